The van der Waals surface area contributed by atoms with Crippen molar-refractivity contribution in [2.75, 3.05) is 5.32 Å². The van der Waals surface area contributed by atoms with Crippen LogP contribution in [0.25, 0.3) is 0 Å². The minimum Gasteiger partial charge on any atom is -0.381 e. The zero-order valence-corrected chi connectivity index (χ0v) is 10.6. The van der Waals surface area contributed by atoms with Gasteiger partial charge in [0.15, 0.2) is 0 Å². The van der Waals surface area contributed by atoms with Gasteiger partial charge < -0.3 is 5.32 Å². The molecule has 1 atom stereocenters. The van der Waals surface area contributed by atoms with Gasteiger partial charge >= 0.3 is 0 Å². The van der Waals surface area contributed by atoms with Gasteiger partial charge in [0.1, 0.15) is 0 Å². The summed E-state index contributed by atoms with van der Waals surface area (Å²) in [4.78, 5) is 0. The third kappa shape index (κ3) is 1.85. The van der Waals surface area contributed by atoms with E-state index in [1.54, 1.807) is 0 Å². The fraction of sp³-hybridized carbons (Fsp3) is 0.538. The molecule has 15 heavy (non-hydrogen) atoms. The molecule has 0 spiro atoms. The Kier molecular flexibility index (Phi) is 2.46. The highest BCUT2D eigenvalue weighted by atomic mass is 35.5. The van der Waals surface area contributed by atoms with Crippen molar-refractivity contribution in [3.05, 3.63) is 28.3 Å². The second kappa shape index (κ2) is 3.41. The molecule has 1 unspecified atom stereocenters. The Bertz CT molecular complexity index is 390. The highest BCUT2D eigenvalue weighted by Crippen LogP contribution is 2.38. The van der Waals surface area contributed by atoms with Crippen LogP contribution in [0.15, 0.2) is 12.1 Å². The van der Waals surface area contributed by atoms with Crippen LogP contribution >= 0.6 is 11.6 Å². The number of hydrogen-bond acceptors (Lipinski definition) is 1. The van der Waals surface area contributed by atoms with Crippen molar-refractivity contribution < 1.29 is 0 Å². The van der Waals surface area contributed by atoms with Crippen LogP contribution in [0.2, 0.25) is 5.02 Å². The summed E-state index contributed by atoms with van der Waals surface area (Å²) in [5.74, 6) is 0. The third-order valence-corrected chi connectivity index (χ3v) is 3.68. The maximum absolute atomic E-state index is 6.11. The van der Waals surface area contributed by atoms with E-state index in [4.69, 9.17) is 11.6 Å². The summed E-state index contributed by atoms with van der Waals surface area (Å²) in [6.45, 7) is 8.90. The van der Waals surface area contributed by atoms with E-state index in [1.807, 2.05) is 6.07 Å². The monoisotopic (exact) mass is 223 g/mol. The van der Waals surface area contributed by atoms with Gasteiger partial charge in [0.2, 0.25) is 0 Å². The van der Waals surface area contributed by atoms with Gasteiger partial charge in [-0.05, 0) is 36.0 Å². The van der Waals surface area contributed by atoms with Crippen molar-refractivity contribution >= 4 is 17.3 Å². The molecule has 1 heterocycles. The minimum absolute atomic E-state index is 0.290. The highest BCUT2D eigenvalue weighted by Gasteiger charge is 2.31. The molecule has 0 amide bonds. The minimum atomic E-state index is 0.290. The Morgan fingerprint density at radius 2 is 2.00 bits per heavy atom. The Labute approximate surface area is 96.8 Å². The van der Waals surface area contributed by atoms with E-state index in [0.29, 0.717) is 6.04 Å². The first-order valence-corrected chi connectivity index (χ1v) is 5.82. The van der Waals surface area contributed by atoms with E-state index < -0.39 is 0 Å². The third-order valence-electron chi connectivity index (χ3n) is 3.27. The molecule has 82 valence electrons. The lowest BCUT2D eigenvalue weighted by atomic mass is 9.85. The number of hydrogen-bond donors (Lipinski definition) is 1. The van der Waals surface area contributed by atoms with Crippen molar-refractivity contribution in [1.82, 2.24) is 0 Å². The summed E-state index contributed by atoms with van der Waals surface area (Å²) in [6, 6.07) is 4.66. The van der Waals surface area contributed by atoms with E-state index in [-0.39, 0.29) is 5.41 Å². The largest absolute Gasteiger partial charge is 0.381 e. The fourth-order valence-electron chi connectivity index (χ4n) is 2.08. The van der Waals surface area contributed by atoms with Gasteiger partial charge in [-0.1, -0.05) is 38.4 Å². The summed E-state index contributed by atoms with van der Waals surface area (Å²) in [5, 5.41) is 4.46. The Morgan fingerprint density at radius 3 is 2.60 bits per heavy atom. The Hall–Kier alpha value is -0.690. The maximum Gasteiger partial charge on any atom is 0.0455 e. The zero-order chi connectivity index (χ0) is 11.2. The van der Waals surface area contributed by atoms with Crippen LogP contribution < -0.4 is 5.32 Å². The van der Waals surface area contributed by atoms with Crippen LogP contribution in [0.5, 0.6) is 0 Å². The van der Waals surface area contributed by atoms with Crippen LogP contribution in [-0.4, -0.2) is 6.04 Å². The van der Waals surface area contributed by atoms with E-state index in [9.17, 15) is 0 Å². The van der Waals surface area contributed by atoms with Crippen LogP contribution in [0.1, 0.15) is 31.9 Å². The van der Waals surface area contributed by atoms with Crippen LogP contribution in [-0.2, 0) is 6.42 Å². The molecule has 2 heteroatoms. The molecule has 1 N–H and O–H groups in total. The highest BCUT2D eigenvalue weighted by molar-refractivity contribution is 6.31. The van der Waals surface area contributed by atoms with Crippen molar-refractivity contribution in [2.24, 2.45) is 5.41 Å². The van der Waals surface area contributed by atoms with Gasteiger partial charge in [-0.15, -0.1) is 0 Å². The lowest BCUT2D eigenvalue weighted by Crippen LogP contribution is -2.31. The molecule has 1 aliphatic rings. The van der Waals surface area contributed by atoms with Crippen molar-refractivity contribution in [2.45, 2.75) is 40.2 Å². The Morgan fingerprint density at radius 1 is 1.33 bits per heavy atom. The summed E-state index contributed by atoms with van der Waals surface area (Å²) in [7, 11) is 0. The smallest absolute Gasteiger partial charge is 0.0455 e. The fourth-order valence-corrected chi connectivity index (χ4v) is 2.24. The summed E-state index contributed by atoms with van der Waals surface area (Å²) in [6.07, 6.45) is 1.11. The topological polar surface area (TPSA) is 12.0 Å². The molecule has 0 aromatic heterocycles. The first kappa shape index (κ1) is 10.8. The standard InChI is InChI=1S/C13H18ClN/c1-8-10(14)6-5-9-7-11(13(2,3)4)15-12(8)9/h5-6,11,15H,7H2,1-4H3. The molecule has 2 rings (SSSR count). The average Bonchev–Trinajstić information content (AvgIpc) is 2.55. The molecule has 1 aliphatic heterocycles. The zero-order valence-electron chi connectivity index (χ0n) is 9.82. The maximum atomic E-state index is 6.11. The van der Waals surface area contributed by atoms with Crippen LogP contribution in [0.3, 0.4) is 0 Å². The van der Waals surface area contributed by atoms with Gasteiger partial charge in [-0.3, -0.25) is 0 Å². The second-order valence-electron chi connectivity index (χ2n) is 5.47. The van der Waals surface area contributed by atoms with E-state index in [2.05, 4.69) is 39.1 Å². The molecular weight excluding hydrogens is 206 g/mol. The van der Waals surface area contributed by atoms with E-state index in [0.717, 1.165) is 11.4 Å². The number of anilines is 1. The summed E-state index contributed by atoms with van der Waals surface area (Å²) < 4.78 is 0. The first-order valence-electron chi connectivity index (χ1n) is 5.44. The predicted molar refractivity (Wildman–Crippen MR) is 66.8 cm³/mol. The predicted octanol–water partition coefficient (Wildman–Crippen LogP) is 4.03. The molecule has 0 saturated carbocycles. The molecule has 0 bridgehead atoms. The number of benzene rings is 1. The van der Waals surface area contributed by atoms with Gasteiger partial charge in [0, 0.05) is 16.8 Å². The average molecular weight is 224 g/mol. The normalized spacial score (nSPS) is 19.9. The van der Waals surface area contributed by atoms with E-state index >= 15 is 0 Å². The molecule has 0 radical (unpaired) electrons. The van der Waals surface area contributed by atoms with Gasteiger partial charge in [-0.25, -0.2) is 0 Å². The SMILES string of the molecule is Cc1c(Cl)ccc2c1NC(C(C)(C)C)C2. The molecule has 1 nitrogen and oxygen atoms in total. The summed E-state index contributed by atoms with van der Waals surface area (Å²) >= 11 is 6.11. The molecule has 0 aliphatic carbocycles. The lowest BCUT2D eigenvalue weighted by Gasteiger charge is -2.27. The lowest BCUT2D eigenvalue weighted by molar-refractivity contribution is 0.347. The van der Waals surface area contributed by atoms with Crippen molar-refractivity contribution in [3.8, 4) is 0 Å². The second-order valence-corrected chi connectivity index (χ2v) is 5.88. The van der Waals surface area contributed by atoms with Gasteiger partial charge in [0.25, 0.3) is 0 Å². The van der Waals surface area contributed by atoms with Crippen molar-refractivity contribution in [1.29, 1.82) is 0 Å². The van der Waals surface area contributed by atoms with Crippen LogP contribution in [0, 0.1) is 12.3 Å². The molecule has 0 fully saturated rings. The quantitative estimate of drug-likeness (QED) is 0.700. The number of fused-ring (bicyclic) bond motifs is 1. The van der Waals surface area contributed by atoms with E-state index in [1.165, 1.54) is 16.8 Å². The number of rotatable bonds is 0. The molecular formula is C13H18ClN. The van der Waals surface area contributed by atoms with Crippen molar-refractivity contribution in [3.63, 3.8) is 0 Å². The Balaban J connectivity index is 2.36. The molecule has 0 saturated heterocycles. The molecule has 1 aromatic rings. The van der Waals surface area contributed by atoms with Crippen LogP contribution in [0.4, 0.5) is 5.69 Å². The summed E-state index contributed by atoms with van der Waals surface area (Å²) in [5.41, 5.74) is 4.12. The number of nitrogens with one attached hydrogen (secondary N) is 1. The first-order chi connectivity index (χ1) is 6.89. The van der Waals surface area contributed by atoms with Gasteiger partial charge in [0.05, 0.1) is 0 Å². The molecule has 1 aromatic carbocycles. The number of halogens is 1. The van der Waals surface area contributed by atoms with Gasteiger partial charge in [-0.2, -0.15) is 0 Å².